The van der Waals surface area contributed by atoms with Gasteiger partial charge in [0.2, 0.25) is 0 Å². The number of rotatable bonds is 3. The molecule has 0 saturated carbocycles. The van der Waals surface area contributed by atoms with Gasteiger partial charge in [-0.05, 0) is 45.9 Å². The zero-order chi connectivity index (χ0) is 18.1. The van der Waals surface area contributed by atoms with Crippen molar-refractivity contribution in [3.05, 3.63) is 40.3 Å². The summed E-state index contributed by atoms with van der Waals surface area (Å²) >= 11 is 4.55. The van der Waals surface area contributed by atoms with Crippen LogP contribution in [0.1, 0.15) is 5.76 Å². The number of carbonyl (C=O) groups excluding carboxylic acids is 3. The molecule has 1 aliphatic rings. The maximum absolute atomic E-state index is 12.2. The minimum atomic E-state index is -0.679. The summed E-state index contributed by atoms with van der Waals surface area (Å²) in [5.74, 6) is -1.07. The fourth-order valence-electron chi connectivity index (χ4n) is 2.05. The molecule has 1 saturated heterocycles. The highest BCUT2D eigenvalue weighted by Crippen LogP contribution is 2.35. The van der Waals surface area contributed by atoms with Crippen molar-refractivity contribution in [2.24, 2.45) is 0 Å². The number of nitrogens with zero attached hydrogens (tertiary/aromatic N) is 4. The molecule has 2 aromatic heterocycles. The van der Waals surface area contributed by atoms with E-state index in [9.17, 15) is 14.4 Å². The molecule has 10 heteroatoms. The SMILES string of the molecule is CN1C(=O)C(=Cc2cc(Br)c(Sc3ncccn3)o2)C(=O)N(C)C1=O. The molecule has 4 amide bonds. The van der Waals surface area contributed by atoms with Crippen LogP contribution in [0, 0.1) is 0 Å². The Labute approximate surface area is 155 Å². The third-order valence-electron chi connectivity index (χ3n) is 3.33. The average molecular weight is 423 g/mol. The first kappa shape index (κ1) is 17.4. The summed E-state index contributed by atoms with van der Waals surface area (Å²) < 4.78 is 6.28. The molecule has 2 aromatic rings. The van der Waals surface area contributed by atoms with E-state index in [1.165, 1.54) is 31.9 Å². The number of amides is 4. The molecular formula is C15H11BrN4O4S. The van der Waals surface area contributed by atoms with E-state index in [2.05, 4.69) is 25.9 Å². The van der Waals surface area contributed by atoms with Gasteiger partial charge in [-0.3, -0.25) is 19.4 Å². The second kappa shape index (κ2) is 6.81. The molecule has 25 heavy (non-hydrogen) atoms. The van der Waals surface area contributed by atoms with Gasteiger partial charge in [0.25, 0.3) is 11.8 Å². The van der Waals surface area contributed by atoms with E-state index < -0.39 is 17.8 Å². The van der Waals surface area contributed by atoms with Gasteiger partial charge in [0.15, 0.2) is 10.2 Å². The third-order valence-corrected chi connectivity index (χ3v) is 5.06. The first-order valence-electron chi connectivity index (χ1n) is 6.94. The standard InChI is InChI=1S/C15H11BrN4O4S/c1-19-11(21)9(12(22)20(2)15(19)23)6-8-7-10(16)13(24-8)25-14-17-4-3-5-18-14/h3-7H,1-2H3. The van der Waals surface area contributed by atoms with Crippen LogP contribution in [-0.4, -0.2) is 51.7 Å². The fraction of sp³-hybridized carbons (Fsp3) is 0.133. The Hall–Kier alpha value is -2.46. The summed E-state index contributed by atoms with van der Waals surface area (Å²) in [6.45, 7) is 0. The smallest absolute Gasteiger partial charge is 0.333 e. The lowest BCUT2D eigenvalue weighted by Crippen LogP contribution is -2.52. The predicted molar refractivity (Wildman–Crippen MR) is 91.5 cm³/mol. The van der Waals surface area contributed by atoms with Crippen LogP contribution in [-0.2, 0) is 9.59 Å². The van der Waals surface area contributed by atoms with Gasteiger partial charge in [-0.1, -0.05) is 0 Å². The lowest BCUT2D eigenvalue weighted by atomic mass is 10.1. The van der Waals surface area contributed by atoms with Crippen LogP contribution in [0.3, 0.4) is 0 Å². The van der Waals surface area contributed by atoms with Crippen molar-refractivity contribution in [2.75, 3.05) is 14.1 Å². The van der Waals surface area contributed by atoms with E-state index in [4.69, 9.17) is 4.42 Å². The molecule has 0 aliphatic carbocycles. The first-order valence-corrected chi connectivity index (χ1v) is 8.55. The molecular weight excluding hydrogens is 412 g/mol. The van der Waals surface area contributed by atoms with Crippen LogP contribution in [0.2, 0.25) is 0 Å². The van der Waals surface area contributed by atoms with Crippen LogP contribution in [0.4, 0.5) is 4.79 Å². The average Bonchev–Trinajstić information content (AvgIpc) is 2.95. The largest absolute Gasteiger partial charge is 0.449 e. The van der Waals surface area contributed by atoms with E-state index in [1.807, 2.05) is 0 Å². The number of hydrogen-bond acceptors (Lipinski definition) is 7. The Bertz CT molecular complexity index is 870. The maximum Gasteiger partial charge on any atom is 0.333 e. The summed E-state index contributed by atoms with van der Waals surface area (Å²) in [5.41, 5.74) is -0.154. The normalized spacial score (nSPS) is 15.2. The van der Waals surface area contributed by atoms with Crippen molar-refractivity contribution in [3.63, 3.8) is 0 Å². The predicted octanol–water partition coefficient (Wildman–Crippen LogP) is 2.42. The van der Waals surface area contributed by atoms with E-state index >= 15 is 0 Å². The summed E-state index contributed by atoms with van der Waals surface area (Å²) in [6.07, 6.45) is 4.53. The van der Waals surface area contributed by atoms with E-state index in [1.54, 1.807) is 24.5 Å². The molecule has 0 aromatic carbocycles. The topological polar surface area (TPSA) is 96.6 Å². The van der Waals surface area contributed by atoms with Crippen molar-refractivity contribution in [1.29, 1.82) is 0 Å². The molecule has 0 unspecified atom stereocenters. The van der Waals surface area contributed by atoms with Crippen molar-refractivity contribution in [2.45, 2.75) is 10.2 Å². The van der Waals surface area contributed by atoms with Crippen LogP contribution in [0.25, 0.3) is 6.08 Å². The van der Waals surface area contributed by atoms with E-state index in [-0.39, 0.29) is 11.3 Å². The molecule has 0 atom stereocenters. The van der Waals surface area contributed by atoms with Gasteiger partial charge in [0, 0.05) is 26.5 Å². The number of aromatic nitrogens is 2. The molecule has 3 rings (SSSR count). The van der Waals surface area contributed by atoms with Crippen molar-refractivity contribution >= 4 is 51.6 Å². The van der Waals surface area contributed by atoms with Gasteiger partial charge in [-0.15, -0.1) is 0 Å². The Kier molecular flexibility index (Phi) is 4.73. The molecule has 0 radical (unpaired) electrons. The summed E-state index contributed by atoms with van der Waals surface area (Å²) in [5, 5.41) is 0.971. The first-order chi connectivity index (χ1) is 11.9. The Morgan fingerprint density at radius 1 is 1.12 bits per heavy atom. The lowest BCUT2D eigenvalue weighted by Gasteiger charge is -2.28. The minimum Gasteiger partial charge on any atom is -0.449 e. The number of barbiturate groups is 1. The maximum atomic E-state index is 12.2. The zero-order valence-electron chi connectivity index (χ0n) is 13.1. The molecule has 1 fully saturated rings. The number of likely N-dealkylation sites (N-methyl/N-ethyl adjacent to an activating group) is 2. The van der Waals surface area contributed by atoms with Gasteiger partial charge < -0.3 is 4.42 Å². The Morgan fingerprint density at radius 3 is 2.32 bits per heavy atom. The van der Waals surface area contributed by atoms with Crippen molar-refractivity contribution < 1.29 is 18.8 Å². The molecule has 0 N–H and O–H groups in total. The minimum absolute atomic E-state index is 0.154. The number of furan rings is 1. The zero-order valence-corrected chi connectivity index (χ0v) is 15.5. The number of imide groups is 2. The second-order valence-electron chi connectivity index (χ2n) is 4.99. The van der Waals surface area contributed by atoms with Crippen LogP contribution < -0.4 is 0 Å². The molecule has 3 heterocycles. The quantitative estimate of drug-likeness (QED) is 0.425. The molecule has 1 aliphatic heterocycles. The van der Waals surface area contributed by atoms with Gasteiger partial charge in [-0.2, -0.15) is 0 Å². The van der Waals surface area contributed by atoms with Gasteiger partial charge in [0.1, 0.15) is 11.3 Å². The van der Waals surface area contributed by atoms with Crippen molar-refractivity contribution in [1.82, 2.24) is 19.8 Å². The van der Waals surface area contributed by atoms with E-state index in [0.717, 1.165) is 9.80 Å². The summed E-state index contributed by atoms with van der Waals surface area (Å²) in [6, 6.07) is 2.64. The number of halogens is 1. The molecule has 0 bridgehead atoms. The van der Waals surface area contributed by atoms with Crippen LogP contribution >= 0.6 is 27.7 Å². The van der Waals surface area contributed by atoms with Crippen molar-refractivity contribution in [3.8, 4) is 0 Å². The molecule has 0 spiro atoms. The number of carbonyl (C=O) groups is 3. The number of urea groups is 1. The highest BCUT2D eigenvalue weighted by Gasteiger charge is 2.38. The number of hydrogen-bond donors (Lipinski definition) is 0. The molecule has 128 valence electrons. The highest BCUT2D eigenvalue weighted by atomic mass is 79.9. The van der Waals surface area contributed by atoms with Gasteiger partial charge in [-0.25, -0.2) is 14.8 Å². The van der Waals surface area contributed by atoms with Crippen LogP contribution in [0.5, 0.6) is 0 Å². The van der Waals surface area contributed by atoms with Crippen LogP contribution in [0.15, 0.2) is 49.2 Å². The third kappa shape index (κ3) is 3.35. The second-order valence-corrected chi connectivity index (χ2v) is 6.78. The van der Waals surface area contributed by atoms with Gasteiger partial charge >= 0.3 is 6.03 Å². The van der Waals surface area contributed by atoms with Gasteiger partial charge in [0.05, 0.1) is 4.47 Å². The van der Waals surface area contributed by atoms with E-state index in [0.29, 0.717) is 14.7 Å². The lowest BCUT2D eigenvalue weighted by molar-refractivity contribution is -0.134. The Balaban J connectivity index is 1.91. The monoisotopic (exact) mass is 422 g/mol. The summed E-state index contributed by atoms with van der Waals surface area (Å²) in [7, 11) is 2.63. The fourth-order valence-corrected chi connectivity index (χ4v) is 3.28. The molecule has 8 nitrogen and oxygen atoms in total. The summed E-state index contributed by atoms with van der Waals surface area (Å²) in [4.78, 5) is 46.0. The highest BCUT2D eigenvalue weighted by molar-refractivity contribution is 9.10. The Morgan fingerprint density at radius 2 is 1.72 bits per heavy atom.